The molecular formula is C15H30O. The zero-order chi connectivity index (χ0) is 12.1. The number of carbonyl (C=O) groups is 1. The second-order valence-corrected chi connectivity index (χ2v) is 4.95. The molecule has 1 unspecified atom stereocenters. The number of hydrogen-bond acceptors (Lipinski definition) is 1. The van der Waals surface area contributed by atoms with E-state index >= 15 is 0 Å². The Balaban J connectivity index is 3.33. The molecule has 0 aromatic carbocycles. The van der Waals surface area contributed by atoms with Crippen molar-refractivity contribution in [2.75, 3.05) is 0 Å². The lowest BCUT2D eigenvalue weighted by molar-refractivity contribution is -0.111. The molecule has 0 aliphatic heterocycles. The van der Waals surface area contributed by atoms with Crippen LogP contribution in [0.5, 0.6) is 0 Å². The van der Waals surface area contributed by atoms with Crippen LogP contribution >= 0.6 is 0 Å². The van der Waals surface area contributed by atoms with Gasteiger partial charge < -0.3 is 4.79 Å². The molecule has 0 fully saturated rings. The monoisotopic (exact) mass is 226 g/mol. The van der Waals surface area contributed by atoms with E-state index in [1.807, 2.05) is 0 Å². The van der Waals surface area contributed by atoms with Gasteiger partial charge >= 0.3 is 0 Å². The SMILES string of the molecule is CCCCCCCC(C=O)CCCCCC. The summed E-state index contributed by atoms with van der Waals surface area (Å²) in [4.78, 5) is 10.9. The maximum absolute atomic E-state index is 10.9. The van der Waals surface area contributed by atoms with Gasteiger partial charge in [-0.25, -0.2) is 0 Å². The number of hydrogen-bond donors (Lipinski definition) is 0. The fraction of sp³-hybridized carbons (Fsp3) is 0.933. The van der Waals surface area contributed by atoms with E-state index in [0.717, 1.165) is 12.8 Å². The average molecular weight is 226 g/mol. The van der Waals surface area contributed by atoms with E-state index < -0.39 is 0 Å². The fourth-order valence-corrected chi connectivity index (χ4v) is 2.12. The molecule has 0 aliphatic rings. The van der Waals surface area contributed by atoms with Gasteiger partial charge in [-0.3, -0.25) is 0 Å². The molecule has 0 saturated heterocycles. The first-order valence-electron chi connectivity index (χ1n) is 7.30. The van der Waals surface area contributed by atoms with Crippen LogP contribution in [-0.2, 0) is 4.79 Å². The zero-order valence-electron chi connectivity index (χ0n) is 11.3. The molecule has 0 heterocycles. The minimum atomic E-state index is 0.346. The Morgan fingerprint density at radius 1 is 0.750 bits per heavy atom. The van der Waals surface area contributed by atoms with E-state index in [0.29, 0.717) is 5.92 Å². The zero-order valence-corrected chi connectivity index (χ0v) is 11.3. The molecule has 0 amide bonds. The molecule has 0 aliphatic carbocycles. The Morgan fingerprint density at radius 3 is 1.62 bits per heavy atom. The third-order valence-corrected chi connectivity index (χ3v) is 3.30. The van der Waals surface area contributed by atoms with Crippen molar-refractivity contribution in [3.8, 4) is 0 Å². The molecule has 0 bridgehead atoms. The van der Waals surface area contributed by atoms with Crippen molar-refractivity contribution in [3.63, 3.8) is 0 Å². The Morgan fingerprint density at radius 2 is 1.19 bits per heavy atom. The van der Waals surface area contributed by atoms with E-state index in [9.17, 15) is 4.79 Å². The summed E-state index contributed by atoms with van der Waals surface area (Å²) in [5.74, 6) is 0.346. The second-order valence-electron chi connectivity index (χ2n) is 4.95. The molecule has 1 nitrogen and oxygen atoms in total. The second kappa shape index (κ2) is 12.7. The molecule has 0 rings (SSSR count). The van der Waals surface area contributed by atoms with Crippen molar-refractivity contribution in [1.29, 1.82) is 0 Å². The Hall–Kier alpha value is -0.330. The van der Waals surface area contributed by atoms with Crippen LogP contribution in [0.2, 0.25) is 0 Å². The summed E-state index contributed by atoms with van der Waals surface area (Å²) < 4.78 is 0. The van der Waals surface area contributed by atoms with Crippen LogP contribution in [0.3, 0.4) is 0 Å². The summed E-state index contributed by atoms with van der Waals surface area (Å²) in [6.07, 6.45) is 15.1. The van der Waals surface area contributed by atoms with Gasteiger partial charge in [-0.15, -0.1) is 0 Å². The lowest BCUT2D eigenvalue weighted by atomic mass is 9.96. The lowest BCUT2D eigenvalue weighted by Gasteiger charge is -2.09. The van der Waals surface area contributed by atoms with E-state index in [1.165, 1.54) is 64.1 Å². The van der Waals surface area contributed by atoms with Crippen LogP contribution in [0.25, 0.3) is 0 Å². The molecule has 1 atom stereocenters. The Labute approximate surface area is 102 Å². The van der Waals surface area contributed by atoms with E-state index in [-0.39, 0.29) is 0 Å². The van der Waals surface area contributed by atoms with Gasteiger partial charge in [0, 0.05) is 5.92 Å². The number of unbranched alkanes of at least 4 members (excludes halogenated alkanes) is 7. The summed E-state index contributed by atoms with van der Waals surface area (Å²) in [6.45, 7) is 4.47. The van der Waals surface area contributed by atoms with Crippen molar-refractivity contribution >= 4 is 6.29 Å². The van der Waals surface area contributed by atoms with Crippen molar-refractivity contribution in [2.45, 2.75) is 84.5 Å². The van der Waals surface area contributed by atoms with Crippen molar-refractivity contribution < 1.29 is 4.79 Å². The van der Waals surface area contributed by atoms with Gasteiger partial charge in [0.25, 0.3) is 0 Å². The highest BCUT2D eigenvalue weighted by atomic mass is 16.1. The molecule has 16 heavy (non-hydrogen) atoms. The van der Waals surface area contributed by atoms with Crippen LogP contribution in [0.4, 0.5) is 0 Å². The molecule has 0 aromatic rings. The standard InChI is InChI=1S/C15H30O/c1-3-5-7-9-11-13-15(14-16)12-10-8-6-4-2/h14-15H,3-13H2,1-2H3. The normalized spacial score (nSPS) is 12.6. The smallest absolute Gasteiger partial charge is 0.123 e. The summed E-state index contributed by atoms with van der Waals surface area (Å²) in [6, 6.07) is 0. The summed E-state index contributed by atoms with van der Waals surface area (Å²) in [7, 11) is 0. The molecule has 0 aromatic heterocycles. The minimum absolute atomic E-state index is 0.346. The van der Waals surface area contributed by atoms with Gasteiger partial charge in [-0.2, -0.15) is 0 Å². The largest absolute Gasteiger partial charge is 0.303 e. The summed E-state index contributed by atoms with van der Waals surface area (Å²) in [5.41, 5.74) is 0. The van der Waals surface area contributed by atoms with Crippen LogP contribution in [0.1, 0.15) is 84.5 Å². The highest BCUT2D eigenvalue weighted by Gasteiger charge is 2.06. The van der Waals surface area contributed by atoms with Crippen molar-refractivity contribution in [1.82, 2.24) is 0 Å². The number of carbonyl (C=O) groups excluding carboxylic acids is 1. The molecule has 0 spiro atoms. The van der Waals surface area contributed by atoms with Gasteiger partial charge in [-0.05, 0) is 12.8 Å². The Kier molecular flexibility index (Phi) is 12.5. The third kappa shape index (κ3) is 10.2. The molecule has 1 heteroatoms. The maximum atomic E-state index is 10.9. The summed E-state index contributed by atoms with van der Waals surface area (Å²) >= 11 is 0. The highest BCUT2D eigenvalue weighted by Crippen LogP contribution is 2.16. The van der Waals surface area contributed by atoms with Gasteiger partial charge in [-0.1, -0.05) is 71.6 Å². The number of aldehydes is 1. The van der Waals surface area contributed by atoms with E-state index in [4.69, 9.17) is 0 Å². The topological polar surface area (TPSA) is 17.1 Å². The quantitative estimate of drug-likeness (QED) is 0.333. The highest BCUT2D eigenvalue weighted by molar-refractivity contribution is 5.53. The first-order chi connectivity index (χ1) is 7.85. The van der Waals surface area contributed by atoms with Crippen molar-refractivity contribution in [3.05, 3.63) is 0 Å². The number of rotatable bonds is 12. The first kappa shape index (κ1) is 15.7. The fourth-order valence-electron chi connectivity index (χ4n) is 2.12. The maximum Gasteiger partial charge on any atom is 0.123 e. The van der Waals surface area contributed by atoms with Gasteiger partial charge in [0.05, 0.1) is 0 Å². The molecule has 96 valence electrons. The molecule has 0 saturated carbocycles. The van der Waals surface area contributed by atoms with Crippen molar-refractivity contribution in [2.24, 2.45) is 5.92 Å². The van der Waals surface area contributed by atoms with E-state index in [1.54, 1.807) is 0 Å². The van der Waals surface area contributed by atoms with Crippen LogP contribution < -0.4 is 0 Å². The lowest BCUT2D eigenvalue weighted by Crippen LogP contribution is -2.02. The average Bonchev–Trinajstić information content (AvgIpc) is 2.31. The van der Waals surface area contributed by atoms with E-state index in [2.05, 4.69) is 13.8 Å². The van der Waals surface area contributed by atoms with Crippen LogP contribution in [0, 0.1) is 5.92 Å². The molecular weight excluding hydrogens is 196 g/mol. The Bertz CT molecular complexity index is 142. The molecule has 0 N–H and O–H groups in total. The first-order valence-corrected chi connectivity index (χ1v) is 7.30. The predicted octanol–water partition coefficient (Wildman–Crippen LogP) is 5.13. The van der Waals surface area contributed by atoms with Crippen LogP contribution in [0.15, 0.2) is 0 Å². The summed E-state index contributed by atoms with van der Waals surface area (Å²) in [5, 5.41) is 0. The van der Waals surface area contributed by atoms with Gasteiger partial charge in [0.2, 0.25) is 0 Å². The van der Waals surface area contributed by atoms with Crippen LogP contribution in [-0.4, -0.2) is 6.29 Å². The van der Waals surface area contributed by atoms with Gasteiger partial charge in [0.1, 0.15) is 6.29 Å². The predicted molar refractivity (Wildman–Crippen MR) is 71.7 cm³/mol. The minimum Gasteiger partial charge on any atom is -0.303 e. The molecule has 0 radical (unpaired) electrons. The van der Waals surface area contributed by atoms with Gasteiger partial charge in [0.15, 0.2) is 0 Å². The third-order valence-electron chi connectivity index (χ3n) is 3.30.